The number of benzene rings is 1. The molecule has 0 N–H and O–H groups in total. The first-order valence-electron chi connectivity index (χ1n) is 7.77. The minimum Gasteiger partial charge on any atom is -0.494 e. The Bertz CT molecular complexity index is 432. The van der Waals surface area contributed by atoms with Crippen molar-refractivity contribution >= 4 is 5.91 Å². The Morgan fingerprint density at radius 2 is 1.81 bits per heavy atom. The molecular formula is C18H29NO2. The van der Waals surface area contributed by atoms with Crippen molar-refractivity contribution in [1.29, 1.82) is 0 Å². The van der Waals surface area contributed by atoms with Crippen LogP contribution in [-0.2, 0) is 11.3 Å². The highest BCUT2D eigenvalue weighted by molar-refractivity contribution is 5.75. The van der Waals surface area contributed by atoms with E-state index in [1.165, 1.54) is 0 Å². The molecule has 0 bridgehead atoms. The number of nitrogens with zero attached hydrogens (tertiary/aromatic N) is 1. The molecule has 0 aliphatic heterocycles. The van der Waals surface area contributed by atoms with Gasteiger partial charge in [0.2, 0.25) is 5.91 Å². The number of ether oxygens (including phenoxy) is 1. The van der Waals surface area contributed by atoms with E-state index in [0.717, 1.165) is 24.2 Å². The van der Waals surface area contributed by atoms with E-state index in [1.807, 2.05) is 38.2 Å². The smallest absolute Gasteiger partial charge is 0.222 e. The maximum atomic E-state index is 12.1. The summed E-state index contributed by atoms with van der Waals surface area (Å²) in [4.78, 5) is 13.9. The molecule has 0 unspecified atom stereocenters. The van der Waals surface area contributed by atoms with Gasteiger partial charge in [-0.25, -0.2) is 0 Å². The van der Waals surface area contributed by atoms with E-state index in [-0.39, 0.29) is 5.91 Å². The van der Waals surface area contributed by atoms with Crippen molar-refractivity contribution in [1.82, 2.24) is 4.90 Å². The van der Waals surface area contributed by atoms with Gasteiger partial charge in [0.05, 0.1) is 6.61 Å². The van der Waals surface area contributed by atoms with Crippen molar-refractivity contribution in [2.24, 2.45) is 5.41 Å². The normalized spacial score (nSPS) is 11.3. The fourth-order valence-electron chi connectivity index (χ4n) is 2.18. The molecule has 1 rings (SSSR count). The number of hydrogen-bond donors (Lipinski definition) is 0. The minimum atomic E-state index is 0.216. The van der Waals surface area contributed by atoms with E-state index in [4.69, 9.17) is 4.74 Å². The SMILES string of the molecule is CCOc1ccc(CN(C)C(=O)CCCC(C)(C)C)cc1. The van der Waals surface area contributed by atoms with Gasteiger partial charge < -0.3 is 9.64 Å². The van der Waals surface area contributed by atoms with Crippen molar-refractivity contribution in [2.45, 2.75) is 53.5 Å². The molecule has 0 aliphatic rings. The molecule has 0 saturated carbocycles. The van der Waals surface area contributed by atoms with Gasteiger partial charge in [-0.3, -0.25) is 4.79 Å². The Balaban J connectivity index is 2.41. The van der Waals surface area contributed by atoms with Crippen LogP contribution in [0.5, 0.6) is 5.75 Å². The Hall–Kier alpha value is -1.51. The molecule has 0 radical (unpaired) electrons. The molecule has 3 heteroatoms. The number of carbonyl (C=O) groups is 1. The van der Waals surface area contributed by atoms with Crippen molar-refractivity contribution in [2.75, 3.05) is 13.7 Å². The summed E-state index contributed by atoms with van der Waals surface area (Å²) in [7, 11) is 1.87. The molecule has 0 atom stereocenters. The zero-order valence-electron chi connectivity index (χ0n) is 14.1. The second kappa shape index (κ2) is 8.06. The molecule has 21 heavy (non-hydrogen) atoms. The van der Waals surface area contributed by atoms with Crippen molar-refractivity contribution < 1.29 is 9.53 Å². The highest BCUT2D eigenvalue weighted by atomic mass is 16.5. The van der Waals surface area contributed by atoms with Gasteiger partial charge in [-0.15, -0.1) is 0 Å². The Labute approximate surface area is 129 Å². The van der Waals surface area contributed by atoms with E-state index >= 15 is 0 Å². The lowest BCUT2D eigenvalue weighted by Gasteiger charge is -2.20. The molecule has 0 heterocycles. The zero-order valence-corrected chi connectivity index (χ0v) is 14.1. The summed E-state index contributed by atoms with van der Waals surface area (Å²) in [5.74, 6) is 1.09. The first-order valence-corrected chi connectivity index (χ1v) is 7.77. The molecule has 3 nitrogen and oxygen atoms in total. The third-order valence-corrected chi connectivity index (χ3v) is 3.40. The molecule has 118 valence electrons. The Kier molecular flexibility index (Phi) is 6.73. The van der Waals surface area contributed by atoms with Gasteiger partial charge in [-0.05, 0) is 42.9 Å². The van der Waals surface area contributed by atoms with Gasteiger partial charge >= 0.3 is 0 Å². The van der Waals surface area contributed by atoms with Crippen LogP contribution in [-0.4, -0.2) is 24.5 Å². The van der Waals surface area contributed by atoms with Gasteiger partial charge in [-0.1, -0.05) is 32.9 Å². The summed E-state index contributed by atoms with van der Waals surface area (Å²) in [6.45, 7) is 9.92. The van der Waals surface area contributed by atoms with Gasteiger partial charge in [-0.2, -0.15) is 0 Å². The summed E-state index contributed by atoms with van der Waals surface area (Å²) in [6, 6.07) is 7.95. The van der Waals surface area contributed by atoms with Crippen LogP contribution < -0.4 is 4.74 Å². The van der Waals surface area contributed by atoms with E-state index in [0.29, 0.717) is 25.0 Å². The first-order chi connectivity index (χ1) is 9.81. The standard InChI is InChI=1S/C18H29NO2/c1-6-21-16-11-9-15(10-12-16)14-19(5)17(20)8-7-13-18(2,3)4/h9-12H,6-8,13-14H2,1-5H3. The predicted molar refractivity (Wildman–Crippen MR) is 87.4 cm³/mol. The van der Waals surface area contributed by atoms with Gasteiger partial charge in [0, 0.05) is 20.0 Å². The zero-order chi connectivity index (χ0) is 15.9. The van der Waals surface area contributed by atoms with Crippen molar-refractivity contribution in [3.05, 3.63) is 29.8 Å². The van der Waals surface area contributed by atoms with Crippen LogP contribution in [0, 0.1) is 5.41 Å². The lowest BCUT2D eigenvalue weighted by atomic mass is 9.90. The van der Waals surface area contributed by atoms with E-state index < -0.39 is 0 Å². The van der Waals surface area contributed by atoms with Crippen molar-refractivity contribution in [3.63, 3.8) is 0 Å². The molecule has 0 aromatic heterocycles. The molecule has 0 spiro atoms. The third kappa shape index (κ3) is 7.16. The van der Waals surface area contributed by atoms with Crippen LogP contribution in [0.2, 0.25) is 0 Å². The van der Waals surface area contributed by atoms with E-state index in [2.05, 4.69) is 20.8 Å². The van der Waals surface area contributed by atoms with Gasteiger partial charge in [0.25, 0.3) is 0 Å². The average molecular weight is 291 g/mol. The summed E-state index contributed by atoms with van der Waals surface area (Å²) in [5.41, 5.74) is 1.43. The molecular weight excluding hydrogens is 262 g/mol. The van der Waals surface area contributed by atoms with E-state index in [9.17, 15) is 4.79 Å². The van der Waals surface area contributed by atoms with Gasteiger partial charge in [0.15, 0.2) is 0 Å². The van der Waals surface area contributed by atoms with Crippen LogP contribution in [0.25, 0.3) is 0 Å². The van der Waals surface area contributed by atoms with E-state index in [1.54, 1.807) is 4.90 Å². The van der Waals surface area contributed by atoms with Crippen molar-refractivity contribution in [3.8, 4) is 5.75 Å². The number of rotatable bonds is 7. The number of amides is 1. The Morgan fingerprint density at radius 3 is 2.33 bits per heavy atom. The topological polar surface area (TPSA) is 29.5 Å². The molecule has 0 fully saturated rings. The summed E-state index contributed by atoms with van der Waals surface area (Å²) < 4.78 is 5.42. The molecule has 1 amide bonds. The first kappa shape index (κ1) is 17.5. The monoisotopic (exact) mass is 291 g/mol. The van der Waals surface area contributed by atoms with Crippen LogP contribution in [0.4, 0.5) is 0 Å². The summed E-state index contributed by atoms with van der Waals surface area (Å²) in [6.07, 6.45) is 2.66. The highest BCUT2D eigenvalue weighted by Crippen LogP contribution is 2.22. The number of hydrogen-bond acceptors (Lipinski definition) is 2. The molecule has 0 aliphatic carbocycles. The number of carbonyl (C=O) groups excluding carboxylic acids is 1. The summed E-state index contributed by atoms with van der Waals surface area (Å²) >= 11 is 0. The summed E-state index contributed by atoms with van der Waals surface area (Å²) in [5, 5.41) is 0. The van der Waals surface area contributed by atoms with Crippen LogP contribution >= 0.6 is 0 Å². The highest BCUT2D eigenvalue weighted by Gasteiger charge is 2.13. The molecule has 1 aromatic carbocycles. The minimum absolute atomic E-state index is 0.216. The second-order valence-electron chi connectivity index (χ2n) is 6.74. The predicted octanol–water partition coefficient (Wildman–Crippen LogP) is 4.26. The van der Waals surface area contributed by atoms with Crippen LogP contribution in [0.1, 0.15) is 52.5 Å². The van der Waals surface area contributed by atoms with Crippen LogP contribution in [0.3, 0.4) is 0 Å². The third-order valence-electron chi connectivity index (χ3n) is 3.40. The Morgan fingerprint density at radius 1 is 1.19 bits per heavy atom. The lowest BCUT2D eigenvalue weighted by molar-refractivity contribution is -0.130. The van der Waals surface area contributed by atoms with Crippen LogP contribution in [0.15, 0.2) is 24.3 Å². The lowest BCUT2D eigenvalue weighted by Crippen LogP contribution is -2.26. The quantitative estimate of drug-likeness (QED) is 0.751. The largest absolute Gasteiger partial charge is 0.494 e. The molecule has 0 saturated heterocycles. The fourth-order valence-corrected chi connectivity index (χ4v) is 2.18. The van der Waals surface area contributed by atoms with Gasteiger partial charge in [0.1, 0.15) is 5.75 Å². The average Bonchev–Trinajstić information content (AvgIpc) is 2.39. The maximum Gasteiger partial charge on any atom is 0.222 e. The second-order valence-corrected chi connectivity index (χ2v) is 6.74. The maximum absolute atomic E-state index is 12.1. The molecule has 1 aromatic rings. The fraction of sp³-hybridized carbons (Fsp3) is 0.611.